The molecule has 2 aliphatic rings. The van der Waals surface area contributed by atoms with E-state index in [-0.39, 0.29) is 24.7 Å². The number of anilines is 1. The summed E-state index contributed by atoms with van der Waals surface area (Å²) in [5.41, 5.74) is 2.53. The number of fused-ring (bicyclic) bond motifs is 2. The van der Waals surface area contributed by atoms with Crippen molar-refractivity contribution in [2.75, 3.05) is 5.32 Å². The Bertz CT molecular complexity index is 1160. The Hall–Kier alpha value is -3.03. The molecule has 0 saturated heterocycles. The fourth-order valence-corrected chi connectivity index (χ4v) is 4.40. The van der Waals surface area contributed by atoms with Crippen LogP contribution in [0.4, 0.5) is 14.7 Å². The minimum absolute atomic E-state index is 0.0507. The smallest absolute Gasteiger partial charge is 0.248 e. The highest BCUT2D eigenvalue weighted by Gasteiger charge is 2.35. The molecule has 5 rings (SSSR count). The summed E-state index contributed by atoms with van der Waals surface area (Å²) in [6, 6.07) is 5.53. The molecule has 0 amide bonds. The molecule has 31 heavy (non-hydrogen) atoms. The van der Waals surface area contributed by atoms with Crippen LogP contribution in [0.15, 0.2) is 30.6 Å². The monoisotopic (exact) mass is 426 g/mol. The van der Waals surface area contributed by atoms with Gasteiger partial charge in [-0.3, -0.25) is 4.79 Å². The van der Waals surface area contributed by atoms with E-state index in [4.69, 9.17) is 4.74 Å². The molecule has 0 spiro atoms. The SMILES string of the molecule is CC1(C)CC(=O)c2ccc(-c3c[nH]c4nc(NC5CCC(F)(F)CC5)ncc34)cc2O1. The fourth-order valence-electron chi connectivity index (χ4n) is 4.40. The molecule has 1 aliphatic heterocycles. The van der Waals surface area contributed by atoms with E-state index < -0.39 is 11.5 Å². The molecule has 0 bridgehead atoms. The number of carbonyl (C=O) groups excluding carboxylic acids is 1. The van der Waals surface area contributed by atoms with Crippen molar-refractivity contribution in [2.24, 2.45) is 0 Å². The summed E-state index contributed by atoms with van der Waals surface area (Å²) < 4.78 is 32.8. The number of rotatable bonds is 3. The van der Waals surface area contributed by atoms with Gasteiger partial charge in [0.05, 0.1) is 12.0 Å². The summed E-state index contributed by atoms with van der Waals surface area (Å²) in [5, 5.41) is 4.02. The average Bonchev–Trinajstić information content (AvgIpc) is 3.11. The zero-order chi connectivity index (χ0) is 21.8. The first-order valence-electron chi connectivity index (χ1n) is 10.5. The normalized spacial score (nSPS) is 20.3. The fraction of sp³-hybridized carbons (Fsp3) is 0.435. The number of hydrogen-bond donors (Lipinski definition) is 2. The molecule has 2 N–H and O–H groups in total. The van der Waals surface area contributed by atoms with Crippen LogP contribution in [-0.2, 0) is 0 Å². The van der Waals surface area contributed by atoms with Gasteiger partial charge in [0, 0.05) is 42.2 Å². The lowest BCUT2D eigenvalue weighted by Crippen LogP contribution is -2.35. The Balaban J connectivity index is 1.40. The highest BCUT2D eigenvalue weighted by Crippen LogP contribution is 2.38. The third-order valence-corrected chi connectivity index (χ3v) is 6.05. The first-order valence-corrected chi connectivity index (χ1v) is 10.5. The quantitative estimate of drug-likeness (QED) is 0.590. The van der Waals surface area contributed by atoms with E-state index in [0.717, 1.165) is 16.5 Å². The van der Waals surface area contributed by atoms with E-state index in [1.807, 2.05) is 32.2 Å². The van der Waals surface area contributed by atoms with Crippen molar-refractivity contribution < 1.29 is 18.3 Å². The number of alkyl halides is 2. The van der Waals surface area contributed by atoms with Gasteiger partial charge >= 0.3 is 0 Å². The number of Topliss-reactive ketones (excluding diaryl/α,β-unsaturated/α-hetero) is 1. The molecule has 0 unspecified atom stereocenters. The van der Waals surface area contributed by atoms with Gasteiger partial charge in [-0.15, -0.1) is 0 Å². The molecule has 1 fully saturated rings. The second kappa shape index (κ2) is 7.00. The Kier molecular flexibility index (Phi) is 4.50. The summed E-state index contributed by atoms with van der Waals surface area (Å²) in [6.45, 7) is 3.81. The molecule has 0 radical (unpaired) electrons. The van der Waals surface area contributed by atoms with Gasteiger partial charge in [-0.05, 0) is 44.4 Å². The summed E-state index contributed by atoms with van der Waals surface area (Å²) in [5.74, 6) is -1.47. The minimum atomic E-state index is -2.56. The largest absolute Gasteiger partial charge is 0.487 e. The van der Waals surface area contributed by atoms with Crippen LogP contribution in [0.3, 0.4) is 0 Å². The van der Waals surface area contributed by atoms with Gasteiger partial charge in [-0.25, -0.2) is 13.8 Å². The van der Waals surface area contributed by atoms with Gasteiger partial charge in [-0.2, -0.15) is 4.98 Å². The second-order valence-electron chi connectivity index (χ2n) is 9.11. The number of halogens is 2. The molecule has 8 heteroatoms. The Labute approximate surface area is 178 Å². The molecular weight excluding hydrogens is 402 g/mol. The average molecular weight is 426 g/mol. The maximum absolute atomic E-state index is 13.4. The van der Waals surface area contributed by atoms with Crippen LogP contribution < -0.4 is 10.1 Å². The number of aromatic amines is 1. The van der Waals surface area contributed by atoms with Crippen molar-refractivity contribution >= 4 is 22.8 Å². The summed E-state index contributed by atoms with van der Waals surface area (Å²) in [4.78, 5) is 24.5. The van der Waals surface area contributed by atoms with E-state index in [9.17, 15) is 13.6 Å². The maximum atomic E-state index is 13.4. The number of ketones is 1. The highest BCUT2D eigenvalue weighted by molar-refractivity contribution is 6.02. The Morgan fingerprint density at radius 3 is 2.74 bits per heavy atom. The van der Waals surface area contributed by atoms with Crippen molar-refractivity contribution in [3.05, 3.63) is 36.2 Å². The van der Waals surface area contributed by atoms with E-state index in [1.165, 1.54) is 0 Å². The van der Waals surface area contributed by atoms with E-state index in [1.54, 1.807) is 12.3 Å². The van der Waals surface area contributed by atoms with Crippen LogP contribution in [-0.4, -0.2) is 38.3 Å². The molecule has 3 heterocycles. The van der Waals surface area contributed by atoms with Crippen molar-refractivity contribution in [2.45, 2.75) is 63.5 Å². The van der Waals surface area contributed by atoms with Crippen LogP contribution in [0.2, 0.25) is 0 Å². The van der Waals surface area contributed by atoms with Gasteiger partial charge in [0.15, 0.2) is 5.78 Å². The number of nitrogens with one attached hydrogen (secondary N) is 2. The molecule has 1 aromatic carbocycles. The lowest BCUT2D eigenvalue weighted by Gasteiger charge is -2.31. The predicted molar refractivity (Wildman–Crippen MR) is 114 cm³/mol. The van der Waals surface area contributed by atoms with Crippen LogP contribution in [0, 0.1) is 0 Å². The topological polar surface area (TPSA) is 79.9 Å². The summed E-state index contributed by atoms with van der Waals surface area (Å²) in [7, 11) is 0. The molecule has 6 nitrogen and oxygen atoms in total. The minimum Gasteiger partial charge on any atom is -0.487 e. The van der Waals surface area contributed by atoms with Gasteiger partial charge < -0.3 is 15.0 Å². The molecule has 1 saturated carbocycles. The number of hydrogen-bond acceptors (Lipinski definition) is 5. The second-order valence-corrected chi connectivity index (χ2v) is 9.11. The highest BCUT2D eigenvalue weighted by atomic mass is 19.3. The van der Waals surface area contributed by atoms with Gasteiger partial charge in [0.25, 0.3) is 0 Å². The van der Waals surface area contributed by atoms with Crippen molar-refractivity contribution in [3.8, 4) is 16.9 Å². The van der Waals surface area contributed by atoms with Crippen molar-refractivity contribution in [3.63, 3.8) is 0 Å². The standard InChI is InChI=1S/C23H24F2N4O2/c1-22(2)10-18(30)15-4-3-13(9-19(15)31-22)16-11-26-20-17(16)12-27-21(29-20)28-14-5-7-23(24,25)8-6-14/h3-4,9,11-12,14H,5-8,10H2,1-2H3,(H2,26,27,28,29). The molecule has 3 aromatic rings. The molecular formula is C23H24F2N4O2. The van der Waals surface area contributed by atoms with Gasteiger partial charge in [0.2, 0.25) is 11.9 Å². The zero-order valence-corrected chi connectivity index (χ0v) is 17.5. The van der Waals surface area contributed by atoms with Crippen LogP contribution >= 0.6 is 0 Å². The van der Waals surface area contributed by atoms with E-state index in [0.29, 0.717) is 42.2 Å². The molecule has 0 atom stereocenters. The number of ether oxygens (including phenoxy) is 1. The van der Waals surface area contributed by atoms with Crippen LogP contribution in [0.25, 0.3) is 22.2 Å². The lowest BCUT2D eigenvalue weighted by molar-refractivity contribution is -0.0361. The molecule has 2 aromatic heterocycles. The lowest BCUT2D eigenvalue weighted by atomic mass is 9.91. The number of nitrogens with zero attached hydrogens (tertiary/aromatic N) is 2. The first-order chi connectivity index (χ1) is 14.7. The van der Waals surface area contributed by atoms with E-state index >= 15 is 0 Å². The van der Waals surface area contributed by atoms with Crippen LogP contribution in [0.1, 0.15) is 56.3 Å². The number of benzene rings is 1. The van der Waals surface area contributed by atoms with E-state index in [2.05, 4.69) is 20.3 Å². The first kappa shape index (κ1) is 19.9. The Morgan fingerprint density at radius 2 is 1.97 bits per heavy atom. The predicted octanol–water partition coefficient (Wildman–Crippen LogP) is 5.36. The summed E-state index contributed by atoms with van der Waals surface area (Å²) >= 11 is 0. The van der Waals surface area contributed by atoms with Crippen molar-refractivity contribution in [1.29, 1.82) is 0 Å². The van der Waals surface area contributed by atoms with Crippen molar-refractivity contribution in [1.82, 2.24) is 15.0 Å². The summed E-state index contributed by atoms with van der Waals surface area (Å²) in [6.07, 6.45) is 4.50. The molecule has 162 valence electrons. The number of carbonyl (C=O) groups is 1. The van der Waals surface area contributed by atoms with Gasteiger partial charge in [0.1, 0.15) is 17.0 Å². The number of aromatic nitrogens is 3. The van der Waals surface area contributed by atoms with Gasteiger partial charge in [-0.1, -0.05) is 6.07 Å². The number of H-pyrrole nitrogens is 1. The Morgan fingerprint density at radius 1 is 1.19 bits per heavy atom. The van der Waals surface area contributed by atoms with Crippen LogP contribution in [0.5, 0.6) is 5.75 Å². The molecule has 1 aliphatic carbocycles. The third kappa shape index (κ3) is 3.86. The maximum Gasteiger partial charge on any atom is 0.248 e. The zero-order valence-electron chi connectivity index (χ0n) is 17.5. The third-order valence-electron chi connectivity index (χ3n) is 6.05.